The highest BCUT2D eigenvalue weighted by Gasteiger charge is 2.18. The number of nitrogens with zero attached hydrogens (tertiary/aromatic N) is 3. The number of ether oxygens (including phenoxy) is 2. The molecule has 0 saturated carbocycles. The molecule has 0 saturated heterocycles. The second-order valence-corrected chi connectivity index (χ2v) is 7.11. The predicted octanol–water partition coefficient (Wildman–Crippen LogP) is 5.09. The van der Waals surface area contributed by atoms with Crippen molar-refractivity contribution >= 4 is 17.2 Å². The van der Waals surface area contributed by atoms with E-state index in [1.807, 2.05) is 61.5 Å². The van der Waals surface area contributed by atoms with E-state index >= 15 is 0 Å². The summed E-state index contributed by atoms with van der Waals surface area (Å²) in [6.45, 7) is 5.44. The van der Waals surface area contributed by atoms with E-state index in [0.29, 0.717) is 12.4 Å². The lowest BCUT2D eigenvalue weighted by Gasteiger charge is -2.11. The van der Waals surface area contributed by atoms with Gasteiger partial charge in [0.25, 0.3) is 0 Å². The summed E-state index contributed by atoms with van der Waals surface area (Å²) in [4.78, 5) is 9.02. The smallest absolute Gasteiger partial charge is 0.155 e. The van der Waals surface area contributed by atoms with Crippen LogP contribution in [0.5, 0.6) is 11.5 Å². The summed E-state index contributed by atoms with van der Waals surface area (Å²) in [7, 11) is 0. The van der Waals surface area contributed by atoms with Crippen molar-refractivity contribution in [1.29, 1.82) is 0 Å². The summed E-state index contributed by atoms with van der Waals surface area (Å²) >= 11 is 0. The Morgan fingerprint density at radius 3 is 2.48 bits per heavy atom. The van der Waals surface area contributed by atoms with E-state index in [9.17, 15) is 0 Å². The number of unbranched alkanes of at least 4 members (excludes halogenated alkanes) is 1. The highest BCUT2D eigenvalue weighted by atomic mass is 16.5. The van der Waals surface area contributed by atoms with Crippen molar-refractivity contribution in [3.05, 3.63) is 83.7 Å². The Labute approximate surface area is 182 Å². The fourth-order valence-electron chi connectivity index (χ4n) is 3.27. The zero-order chi connectivity index (χ0) is 21.5. The van der Waals surface area contributed by atoms with Gasteiger partial charge < -0.3 is 9.47 Å². The molecule has 1 aliphatic rings. The minimum atomic E-state index is 0.595. The van der Waals surface area contributed by atoms with Gasteiger partial charge in [0.05, 0.1) is 18.9 Å². The Balaban J connectivity index is 1.71. The first kappa shape index (κ1) is 20.6. The van der Waals surface area contributed by atoms with Gasteiger partial charge in [-0.15, -0.1) is 0 Å². The second kappa shape index (κ2) is 9.89. The van der Waals surface area contributed by atoms with Crippen molar-refractivity contribution in [3.63, 3.8) is 0 Å². The van der Waals surface area contributed by atoms with E-state index in [4.69, 9.17) is 19.6 Å². The average Bonchev–Trinajstić information content (AvgIpc) is 3.00. The van der Waals surface area contributed by atoms with Crippen molar-refractivity contribution in [3.8, 4) is 11.5 Å². The number of hydrogen-bond donors (Lipinski definition) is 1. The SMILES string of the molecule is CCCCOc1ccc(C2=NNC(c3cccnc3)=Nc3ccc(OCC)cc32)cc1. The van der Waals surface area contributed by atoms with Crippen LogP contribution < -0.4 is 14.9 Å². The molecule has 31 heavy (non-hydrogen) atoms. The van der Waals surface area contributed by atoms with Crippen molar-refractivity contribution in [2.24, 2.45) is 10.1 Å². The molecule has 0 radical (unpaired) electrons. The van der Waals surface area contributed by atoms with Crippen molar-refractivity contribution in [2.75, 3.05) is 13.2 Å². The number of nitrogens with one attached hydrogen (secondary N) is 1. The number of aromatic nitrogens is 1. The summed E-state index contributed by atoms with van der Waals surface area (Å²) in [6, 6.07) is 17.7. The number of pyridine rings is 1. The van der Waals surface area contributed by atoms with Crippen LogP contribution in [-0.4, -0.2) is 29.7 Å². The van der Waals surface area contributed by atoms with E-state index in [1.54, 1.807) is 12.4 Å². The normalized spacial score (nSPS) is 12.7. The quantitative estimate of drug-likeness (QED) is 0.521. The van der Waals surface area contributed by atoms with Crippen molar-refractivity contribution in [2.45, 2.75) is 26.7 Å². The molecule has 158 valence electrons. The molecule has 6 nitrogen and oxygen atoms in total. The van der Waals surface area contributed by atoms with E-state index in [-0.39, 0.29) is 0 Å². The average molecular weight is 415 g/mol. The van der Waals surface area contributed by atoms with Gasteiger partial charge in [0.15, 0.2) is 5.84 Å². The van der Waals surface area contributed by atoms with Gasteiger partial charge in [-0.25, -0.2) is 4.99 Å². The maximum Gasteiger partial charge on any atom is 0.155 e. The largest absolute Gasteiger partial charge is 0.494 e. The molecule has 0 unspecified atom stereocenters. The van der Waals surface area contributed by atoms with Crippen LogP contribution >= 0.6 is 0 Å². The van der Waals surface area contributed by atoms with Crippen LogP contribution in [0.3, 0.4) is 0 Å². The lowest BCUT2D eigenvalue weighted by Crippen LogP contribution is -2.19. The Morgan fingerprint density at radius 2 is 1.74 bits per heavy atom. The molecular weight excluding hydrogens is 388 g/mol. The van der Waals surface area contributed by atoms with Crippen LogP contribution in [0.4, 0.5) is 5.69 Å². The maximum absolute atomic E-state index is 5.80. The van der Waals surface area contributed by atoms with Gasteiger partial charge in [0.1, 0.15) is 17.2 Å². The highest BCUT2D eigenvalue weighted by molar-refractivity contribution is 6.18. The number of benzene rings is 2. The van der Waals surface area contributed by atoms with E-state index < -0.39 is 0 Å². The lowest BCUT2D eigenvalue weighted by molar-refractivity contribution is 0.309. The van der Waals surface area contributed by atoms with Crippen LogP contribution in [0.2, 0.25) is 0 Å². The van der Waals surface area contributed by atoms with Gasteiger partial charge in [-0.2, -0.15) is 5.10 Å². The summed E-state index contributed by atoms with van der Waals surface area (Å²) in [5.74, 6) is 2.29. The fraction of sp³-hybridized carbons (Fsp3) is 0.240. The van der Waals surface area contributed by atoms with Crippen LogP contribution in [0.25, 0.3) is 0 Å². The van der Waals surface area contributed by atoms with Crippen LogP contribution in [0.1, 0.15) is 43.4 Å². The topological polar surface area (TPSA) is 68.1 Å². The van der Waals surface area contributed by atoms with E-state index in [1.165, 1.54) is 0 Å². The molecule has 1 aliphatic heterocycles. The Hall–Kier alpha value is -3.67. The maximum atomic E-state index is 5.80. The van der Waals surface area contributed by atoms with Gasteiger partial charge in [0, 0.05) is 29.1 Å². The summed E-state index contributed by atoms with van der Waals surface area (Å²) in [5.41, 5.74) is 7.47. The lowest BCUT2D eigenvalue weighted by atomic mass is 10.0. The molecule has 0 atom stereocenters. The van der Waals surface area contributed by atoms with Gasteiger partial charge >= 0.3 is 0 Å². The molecule has 0 aliphatic carbocycles. The first-order valence-corrected chi connectivity index (χ1v) is 10.6. The molecule has 3 aromatic rings. The molecule has 6 heteroatoms. The molecule has 0 spiro atoms. The molecule has 4 rings (SSSR count). The molecule has 1 N–H and O–H groups in total. The number of hydrogen-bond acceptors (Lipinski definition) is 6. The fourth-order valence-corrected chi connectivity index (χ4v) is 3.27. The zero-order valence-corrected chi connectivity index (χ0v) is 17.8. The predicted molar refractivity (Wildman–Crippen MR) is 124 cm³/mol. The van der Waals surface area contributed by atoms with Gasteiger partial charge in [-0.3, -0.25) is 10.4 Å². The van der Waals surface area contributed by atoms with Gasteiger partial charge in [-0.05, 0) is 67.9 Å². The standard InChI is InChI=1S/C25H26N4O2/c1-3-5-15-31-20-10-8-18(9-11-20)24-22-16-21(30-4-2)12-13-23(22)27-25(29-28-24)19-7-6-14-26-17-19/h6-14,16-17H,3-5,15H2,1-2H3,(H,27,29). The minimum Gasteiger partial charge on any atom is -0.494 e. The molecule has 0 fully saturated rings. The van der Waals surface area contributed by atoms with Gasteiger partial charge in [-0.1, -0.05) is 13.3 Å². The molecule has 2 aromatic carbocycles. The summed E-state index contributed by atoms with van der Waals surface area (Å²) < 4.78 is 11.5. The highest BCUT2D eigenvalue weighted by Crippen LogP contribution is 2.30. The number of aliphatic imine (C=N–C) groups is 1. The van der Waals surface area contributed by atoms with Crippen molar-refractivity contribution in [1.82, 2.24) is 10.4 Å². The third kappa shape index (κ3) is 4.91. The second-order valence-electron chi connectivity index (χ2n) is 7.11. The van der Waals surface area contributed by atoms with E-state index in [2.05, 4.69) is 17.3 Å². The zero-order valence-electron chi connectivity index (χ0n) is 17.8. The van der Waals surface area contributed by atoms with Crippen LogP contribution in [-0.2, 0) is 0 Å². The molecule has 2 heterocycles. The van der Waals surface area contributed by atoms with Gasteiger partial charge in [0.2, 0.25) is 0 Å². The monoisotopic (exact) mass is 414 g/mol. The number of rotatable bonds is 8. The Bertz CT molecular complexity index is 1080. The number of hydrazone groups is 1. The summed E-state index contributed by atoms with van der Waals surface area (Å²) in [5, 5.41) is 4.71. The van der Waals surface area contributed by atoms with Crippen molar-refractivity contribution < 1.29 is 9.47 Å². The first-order valence-electron chi connectivity index (χ1n) is 10.6. The molecule has 0 bridgehead atoms. The van der Waals surface area contributed by atoms with Crippen LogP contribution in [0, 0.1) is 0 Å². The van der Waals surface area contributed by atoms with E-state index in [0.717, 1.165) is 59.0 Å². The Kier molecular flexibility index (Phi) is 6.57. The minimum absolute atomic E-state index is 0.595. The summed E-state index contributed by atoms with van der Waals surface area (Å²) in [6.07, 6.45) is 5.66. The molecule has 0 amide bonds. The number of amidine groups is 1. The number of fused-ring (bicyclic) bond motifs is 1. The molecular formula is C25H26N4O2. The molecule has 1 aromatic heterocycles. The first-order chi connectivity index (χ1) is 15.3. The Morgan fingerprint density at radius 1 is 0.903 bits per heavy atom. The third-order valence-corrected chi connectivity index (χ3v) is 4.87. The van der Waals surface area contributed by atoms with Crippen LogP contribution in [0.15, 0.2) is 77.1 Å². The third-order valence-electron chi connectivity index (χ3n) is 4.87.